The molecule has 0 bridgehead atoms. The third-order valence-corrected chi connectivity index (χ3v) is 0.854. The summed E-state index contributed by atoms with van der Waals surface area (Å²) in [6.45, 7) is 0. The van der Waals surface area contributed by atoms with Crippen molar-refractivity contribution in [2.24, 2.45) is 0 Å². The molecular weight excluding hydrogens is 112 g/mol. The Labute approximate surface area is 44.0 Å². The lowest BCUT2D eigenvalue weighted by atomic mass is 10.7. The Morgan fingerprint density at radius 1 is 1.43 bits per heavy atom. The smallest absolute Gasteiger partial charge is 0.217 e. The summed E-state index contributed by atoms with van der Waals surface area (Å²) in [5, 5.41) is 0. The Balaban J connectivity index is 3.28. The molecule has 4 heteroatoms. The fraction of sp³-hybridized carbons (Fsp3) is 0. The van der Waals surface area contributed by atoms with Crippen LogP contribution in [0.2, 0.25) is 0 Å². The molecule has 0 saturated heterocycles. The van der Waals surface area contributed by atoms with E-state index in [4.69, 9.17) is 0 Å². The Hall–Kier alpha value is -0.770. The number of hydrogen-bond acceptors (Lipinski definition) is 4. The van der Waals surface area contributed by atoms with Crippen LogP contribution in [0, 0.1) is 0 Å². The summed E-state index contributed by atoms with van der Waals surface area (Å²) in [6, 6.07) is 0. The van der Waals surface area contributed by atoms with E-state index in [2.05, 4.69) is 8.75 Å². The van der Waals surface area contributed by atoms with Gasteiger partial charge in [-0.05, 0) is 0 Å². The highest BCUT2D eigenvalue weighted by molar-refractivity contribution is 6.98. The van der Waals surface area contributed by atoms with Crippen molar-refractivity contribution in [3.63, 3.8) is 0 Å². The van der Waals surface area contributed by atoms with E-state index in [9.17, 15) is 4.79 Å². The second kappa shape index (κ2) is 1.79. The summed E-state index contributed by atoms with van der Waals surface area (Å²) in [5.41, 5.74) is -0.140. The van der Waals surface area contributed by atoms with Crippen LogP contribution >= 0.6 is 11.7 Å². The first-order valence-corrected chi connectivity index (χ1v) is 2.39. The van der Waals surface area contributed by atoms with Crippen LogP contribution < -0.4 is 5.43 Å². The van der Waals surface area contributed by atoms with Crippen LogP contribution in [0.5, 0.6) is 0 Å². The van der Waals surface area contributed by atoms with Crippen molar-refractivity contribution >= 4 is 11.7 Å². The summed E-state index contributed by atoms with van der Waals surface area (Å²) >= 11 is 1.02. The second-order valence-electron chi connectivity index (χ2n) is 0.953. The van der Waals surface area contributed by atoms with Crippen molar-refractivity contribution in [2.75, 3.05) is 0 Å². The van der Waals surface area contributed by atoms with Gasteiger partial charge in [-0.15, -0.1) is 0 Å². The van der Waals surface area contributed by atoms with E-state index in [1.165, 1.54) is 12.4 Å². The first kappa shape index (κ1) is 4.39. The predicted molar refractivity (Wildman–Crippen MR) is 26.2 cm³/mol. The van der Waals surface area contributed by atoms with Gasteiger partial charge in [-0.2, -0.15) is 8.75 Å². The molecule has 1 aromatic rings. The molecular formula is C3H2N2OS. The largest absolute Gasteiger partial charge is 0.286 e. The predicted octanol–water partition coefficient (Wildman–Crippen LogP) is -0.102. The highest BCUT2D eigenvalue weighted by Gasteiger charge is 1.74. The first-order chi connectivity index (χ1) is 3.39. The monoisotopic (exact) mass is 114 g/mol. The van der Waals surface area contributed by atoms with Crippen molar-refractivity contribution < 1.29 is 0 Å². The van der Waals surface area contributed by atoms with E-state index in [0.29, 0.717) is 0 Å². The lowest BCUT2D eigenvalue weighted by molar-refractivity contribution is 1.35. The Morgan fingerprint density at radius 3 is 2.29 bits per heavy atom. The molecule has 0 fully saturated rings. The molecule has 1 rings (SSSR count). The lowest BCUT2D eigenvalue weighted by Crippen LogP contribution is -1.94. The number of hydrogen-bond donors (Lipinski definition) is 0. The van der Waals surface area contributed by atoms with Gasteiger partial charge in [-0.1, -0.05) is 0 Å². The summed E-state index contributed by atoms with van der Waals surface area (Å²) in [6.07, 6.45) is 2.47. The molecule has 1 heterocycles. The SMILES string of the molecule is O=c1cnsnc1. The van der Waals surface area contributed by atoms with Gasteiger partial charge in [0.15, 0.2) is 0 Å². The van der Waals surface area contributed by atoms with Crippen LogP contribution in [-0.4, -0.2) is 8.75 Å². The lowest BCUT2D eigenvalue weighted by Gasteiger charge is -1.68. The molecule has 0 amide bonds. The van der Waals surface area contributed by atoms with Gasteiger partial charge in [0, 0.05) is 0 Å². The summed E-state index contributed by atoms with van der Waals surface area (Å²) < 4.78 is 7.00. The number of rotatable bonds is 0. The van der Waals surface area contributed by atoms with Crippen LogP contribution in [0.25, 0.3) is 0 Å². The van der Waals surface area contributed by atoms with E-state index in [0.717, 1.165) is 11.7 Å². The van der Waals surface area contributed by atoms with Crippen LogP contribution in [0.15, 0.2) is 17.2 Å². The first-order valence-electron chi connectivity index (χ1n) is 1.66. The van der Waals surface area contributed by atoms with Gasteiger partial charge in [-0.25, -0.2) is 0 Å². The minimum Gasteiger partial charge on any atom is -0.286 e. The average molecular weight is 114 g/mol. The maximum Gasteiger partial charge on any atom is 0.217 e. The van der Waals surface area contributed by atoms with Crippen LogP contribution in [-0.2, 0) is 0 Å². The average Bonchev–Trinajstić information content (AvgIpc) is 1.69. The molecule has 0 aromatic carbocycles. The second-order valence-corrected chi connectivity index (χ2v) is 1.54. The topological polar surface area (TPSA) is 42.9 Å². The van der Waals surface area contributed by atoms with Gasteiger partial charge >= 0.3 is 0 Å². The summed E-state index contributed by atoms with van der Waals surface area (Å²) in [4.78, 5) is 10.2. The number of nitrogens with zero attached hydrogens (tertiary/aromatic N) is 2. The van der Waals surface area contributed by atoms with Gasteiger partial charge in [0.1, 0.15) is 0 Å². The minimum absolute atomic E-state index is 0.140. The molecule has 3 nitrogen and oxygen atoms in total. The molecule has 0 spiro atoms. The molecule has 36 valence electrons. The van der Waals surface area contributed by atoms with Gasteiger partial charge in [-0.3, -0.25) is 4.79 Å². The molecule has 0 atom stereocenters. The van der Waals surface area contributed by atoms with E-state index in [1.807, 2.05) is 0 Å². The third kappa shape index (κ3) is 1.04. The van der Waals surface area contributed by atoms with Crippen molar-refractivity contribution in [1.29, 1.82) is 0 Å². The zero-order valence-corrected chi connectivity index (χ0v) is 4.18. The third-order valence-electron chi connectivity index (χ3n) is 0.454. The van der Waals surface area contributed by atoms with Crippen molar-refractivity contribution in [3.8, 4) is 0 Å². The molecule has 0 N–H and O–H groups in total. The van der Waals surface area contributed by atoms with E-state index < -0.39 is 0 Å². The zero-order valence-electron chi connectivity index (χ0n) is 3.37. The van der Waals surface area contributed by atoms with E-state index in [1.54, 1.807) is 0 Å². The number of aromatic nitrogens is 2. The highest BCUT2D eigenvalue weighted by Crippen LogP contribution is 1.68. The van der Waals surface area contributed by atoms with Crippen molar-refractivity contribution in [2.45, 2.75) is 0 Å². The maximum absolute atomic E-state index is 10.2. The standard InChI is InChI=1S/C3H2N2OS/c6-3-1-4-7-5-2-3/h1-2H. The van der Waals surface area contributed by atoms with Crippen LogP contribution in [0.4, 0.5) is 0 Å². The maximum atomic E-state index is 10.2. The van der Waals surface area contributed by atoms with Gasteiger partial charge in [0.2, 0.25) is 5.43 Å². The molecule has 1 aromatic heterocycles. The molecule has 0 aliphatic heterocycles. The Morgan fingerprint density at radius 2 is 2.00 bits per heavy atom. The molecule has 0 radical (unpaired) electrons. The molecule has 0 unspecified atom stereocenters. The summed E-state index contributed by atoms with van der Waals surface area (Å²) in [5.74, 6) is 0. The van der Waals surface area contributed by atoms with Crippen LogP contribution in [0.3, 0.4) is 0 Å². The molecule has 7 heavy (non-hydrogen) atoms. The Bertz CT molecular complexity index is 179. The normalized spacial score (nSPS) is 8.57. The van der Waals surface area contributed by atoms with Gasteiger partial charge in [0.25, 0.3) is 0 Å². The highest BCUT2D eigenvalue weighted by atomic mass is 32.1. The molecule has 0 saturated carbocycles. The van der Waals surface area contributed by atoms with E-state index >= 15 is 0 Å². The van der Waals surface area contributed by atoms with Crippen molar-refractivity contribution in [1.82, 2.24) is 8.75 Å². The van der Waals surface area contributed by atoms with Gasteiger partial charge < -0.3 is 0 Å². The fourth-order valence-corrected chi connectivity index (χ4v) is 0.568. The zero-order chi connectivity index (χ0) is 5.11. The minimum atomic E-state index is -0.140. The summed E-state index contributed by atoms with van der Waals surface area (Å²) in [7, 11) is 0. The van der Waals surface area contributed by atoms with E-state index in [-0.39, 0.29) is 5.43 Å². The quantitative estimate of drug-likeness (QED) is 0.473. The van der Waals surface area contributed by atoms with Gasteiger partial charge in [0.05, 0.1) is 24.1 Å². The molecule has 0 aliphatic rings. The van der Waals surface area contributed by atoms with Crippen molar-refractivity contribution in [3.05, 3.63) is 22.6 Å². The molecule has 0 aliphatic carbocycles. The van der Waals surface area contributed by atoms with Crippen LogP contribution in [0.1, 0.15) is 0 Å². The Kier molecular flexibility index (Phi) is 1.12. The fourth-order valence-electron chi connectivity index (χ4n) is 0.212.